The van der Waals surface area contributed by atoms with Crippen LogP contribution in [0.5, 0.6) is 0 Å². The number of carbonyl (C=O) groups excluding carboxylic acids is 1. The quantitative estimate of drug-likeness (QED) is 0.0573. The first-order valence-corrected chi connectivity index (χ1v) is 15.2. The molecule has 2 radical (unpaired) electrons. The van der Waals surface area contributed by atoms with E-state index in [4.69, 9.17) is 9.26 Å². The van der Waals surface area contributed by atoms with Gasteiger partial charge in [-0.2, -0.15) is 0 Å². The zero-order chi connectivity index (χ0) is 29.2. The number of aliphatic hydroxyl groups excluding tert-OH is 1. The number of esters is 1. The lowest BCUT2D eigenvalue weighted by molar-refractivity contribution is -0.870. The Bertz CT molecular complexity index is 861. The van der Waals surface area contributed by atoms with Crippen molar-refractivity contribution in [2.75, 3.05) is 47.5 Å². The van der Waals surface area contributed by atoms with Crippen LogP contribution in [0.1, 0.15) is 58.3 Å². The van der Waals surface area contributed by atoms with Gasteiger partial charge in [-0.3, -0.25) is 9.36 Å². The molecule has 224 valence electrons. The van der Waals surface area contributed by atoms with E-state index in [1.165, 1.54) is 0 Å². The molecule has 0 spiro atoms. The van der Waals surface area contributed by atoms with Crippen LogP contribution in [0.3, 0.4) is 0 Å². The van der Waals surface area contributed by atoms with Crippen LogP contribution in [0.25, 0.3) is 0 Å². The van der Waals surface area contributed by atoms with Crippen molar-refractivity contribution in [2.24, 2.45) is 0 Å². The third kappa shape index (κ3) is 31.2. The molecule has 0 aliphatic heterocycles. The van der Waals surface area contributed by atoms with Gasteiger partial charge in [-0.15, -0.1) is 0 Å². The molecule has 0 aliphatic rings. The highest BCUT2D eigenvalue weighted by atomic mass is 31.2. The minimum Gasteiger partial charge on any atom is -0.756 e. The Kier molecular flexibility index (Phi) is 27.2. The smallest absolute Gasteiger partial charge is 0.306 e. The molecule has 2 atom stereocenters. The van der Waals surface area contributed by atoms with Crippen molar-refractivity contribution in [1.82, 2.24) is 0 Å². The summed E-state index contributed by atoms with van der Waals surface area (Å²) in [5, 5.41) is 9.80. The van der Waals surface area contributed by atoms with Crippen molar-refractivity contribution in [3.05, 3.63) is 72.9 Å². The van der Waals surface area contributed by atoms with Crippen LogP contribution in [0, 0.1) is 0 Å². The summed E-state index contributed by atoms with van der Waals surface area (Å²) in [7, 11) is 1.19. The summed E-state index contributed by atoms with van der Waals surface area (Å²) in [5.74, 6) is -0.474. The topological polar surface area (TPSA) is 105 Å². The maximum Gasteiger partial charge on any atom is 0.306 e. The number of phosphoric acid groups is 1. The fourth-order valence-electron chi connectivity index (χ4n) is 2.79. The van der Waals surface area contributed by atoms with Gasteiger partial charge >= 0.3 is 5.97 Å². The van der Waals surface area contributed by atoms with Crippen LogP contribution < -0.4 is 4.89 Å². The van der Waals surface area contributed by atoms with E-state index in [9.17, 15) is 19.4 Å². The first-order valence-electron chi connectivity index (χ1n) is 13.7. The summed E-state index contributed by atoms with van der Waals surface area (Å²) >= 11 is 0. The molecule has 0 rings (SSSR count). The summed E-state index contributed by atoms with van der Waals surface area (Å²) < 4.78 is 26.6. The van der Waals surface area contributed by atoms with E-state index < -0.39 is 26.5 Å². The summed E-state index contributed by atoms with van der Waals surface area (Å²) in [5.41, 5.74) is 0. The van der Waals surface area contributed by atoms with E-state index in [1.807, 2.05) is 33.3 Å². The van der Waals surface area contributed by atoms with E-state index in [2.05, 4.69) is 72.2 Å². The second-order valence-corrected chi connectivity index (χ2v) is 11.3. The molecule has 0 amide bonds. The number of aliphatic hydroxyl groups is 1. The first-order chi connectivity index (χ1) is 18.6. The molecule has 10 heteroatoms. The molecule has 0 saturated carbocycles. The second kappa shape index (κ2) is 26.6. The number of likely N-dealkylation sites (N-methyl/N-ethyl adjacent to an activating group) is 1. The highest BCUT2D eigenvalue weighted by Crippen LogP contribution is 2.38. The Labute approximate surface area is 258 Å². The average Bonchev–Trinajstić information content (AvgIpc) is 2.86. The lowest BCUT2D eigenvalue weighted by Gasteiger charge is -2.27. The molecule has 0 bridgehead atoms. The van der Waals surface area contributed by atoms with Gasteiger partial charge in [-0.1, -0.05) is 79.8 Å². The lowest BCUT2D eigenvalue weighted by Crippen LogP contribution is -2.37. The summed E-state index contributed by atoms with van der Waals surface area (Å²) in [6, 6.07) is 0. The number of quaternary nitrogens is 1. The zero-order valence-electron chi connectivity index (χ0n) is 25.0. The van der Waals surface area contributed by atoms with Gasteiger partial charge in [-0.25, -0.2) is 0 Å². The minimum absolute atomic E-state index is 0. The van der Waals surface area contributed by atoms with Crippen LogP contribution >= 0.6 is 7.82 Å². The Hall–Kier alpha value is -1.29. The van der Waals surface area contributed by atoms with Crippen molar-refractivity contribution >= 4 is 36.8 Å². The van der Waals surface area contributed by atoms with Crippen molar-refractivity contribution in [1.29, 1.82) is 0 Å². The average molecular weight is 592 g/mol. The van der Waals surface area contributed by atoms with Crippen LogP contribution in [0.15, 0.2) is 72.9 Å². The molecule has 0 aromatic rings. The molecular weight excluding hydrogens is 542 g/mol. The summed E-state index contributed by atoms with van der Waals surface area (Å²) in [6.07, 6.45) is 30.5. The predicted molar refractivity (Wildman–Crippen MR) is 163 cm³/mol. The van der Waals surface area contributed by atoms with Crippen LogP contribution in [0.2, 0.25) is 0 Å². The summed E-state index contributed by atoms with van der Waals surface area (Å²) in [6.45, 7) is 1.71. The van der Waals surface area contributed by atoms with E-state index in [0.717, 1.165) is 38.5 Å². The van der Waals surface area contributed by atoms with Crippen LogP contribution in [-0.4, -0.2) is 92.2 Å². The Morgan fingerprint density at radius 1 is 0.800 bits per heavy atom. The number of hydrogen-bond donors (Lipinski definition) is 1. The van der Waals surface area contributed by atoms with Gasteiger partial charge in [0.15, 0.2) is 0 Å². The molecule has 2 unspecified atom stereocenters. The largest absolute Gasteiger partial charge is 0.756 e. The van der Waals surface area contributed by atoms with Gasteiger partial charge in [0, 0.05) is 29.5 Å². The minimum atomic E-state index is -4.51. The molecule has 0 aromatic heterocycles. The van der Waals surface area contributed by atoms with E-state index in [-0.39, 0.29) is 42.7 Å². The van der Waals surface area contributed by atoms with Crippen molar-refractivity contribution in [3.63, 3.8) is 0 Å². The standard InChI is InChI=1S/C30H50NO7P.Mg/c1-5-6-7-8-9-10-11-12-13-14-15-16-17-18-19-20-21-22-23-24-30(33)36-27-29(32)28-38-39(34,35)37-26-25-31(2,3)4;/h6-7,9-10,12-13,15-16,18-19,21-22,29,32H,5,8,11,14,17,20,23-28H2,1-4H3;/b7-6+,10-9+,13-12+,16-15+,19-18+,22-21+;. The third-order valence-electron chi connectivity index (χ3n) is 4.98. The fraction of sp³-hybridized carbons (Fsp3) is 0.567. The Morgan fingerprint density at radius 3 is 1.70 bits per heavy atom. The highest BCUT2D eigenvalue weighted by Gasteiger charge is 2.16. The Balaban J connectivity index is 0. The van der Waals surface area contributed by atoms with Gasteiger partial charge in [0.2, 0.25) is 0 Å². The van der Waals surface area contributed by atoms with Gasteiger partial charge in [0.25, 0.3) is 7.82 Å². The van der Waals surface area contributed by atoms with E-state index in [0.29, 0.717) is 17.4 Å². The van der Waals surface area contributed by atoms with Gasteiger partial charge in [0.1, 0.15) is 25.9 Å². The van der Waals surface area contributed by atoms with Crippen LogP contribution in [0.4, 0.5) is 0 Å². The molecule has 40 heavy (non-hydrogen) atoms. The number of ether oxygens (including phenoxy) is 1. The van der Waals surface area contributed by atoms with Crippen molar-refractivity contribution < 1.29 is 37.6 Å². The predicted octanol–water partition coefficient (Wildman–Crippen LogP) is 5.20. The van der Waals surface area contributed by atoms with Gasteiger partial charge < -0.3 is 28.3 Å². The van der Waals surface area contributed by atoms with E-state index in [1.54, 1.807) is 0 Å². The van der Waals surface area contributed by atoms with Crippen molar-refractivity contribution in [3.8, 4) is 0 Å². The molecule has 0 aliphatic carbocycles. The number of hydrogen-bond acceptors (Lipinski definition) is 7. The maximum absolute atomic E-state index is 11.8. The number of nitrogens with zero attached hydrogens (tertiary/aromatic N) is 1. The Morgan fingerprint density at radius 2 is 1.25 bits per heavy atom. The highest BCUT2D eigenvalue weighted by molar-refractivity contribution is 7.45. The number of carbonyl (C=O) groups is 1. The second-order valence-electron chi connectivity index (χ2n) is 9.88. The van der Waals surface area contributed by atoms with Gasteiger partial charge in [-0.05, 0) is 44.9 Å². The molecule has 8 nitrogen and oxygen atoms in total. The van der Waals surface area contributed by atoms with Crippen molar-refractivity contribution in [2.45, 2.75) is 64.4 Å². The molecule has 0 saturated heterocycles. The monoisotopic (exact) mass is 591 g/mol. The molecule has 1 N–H and O–H groups in total. The fourth-order valence-corrected chi connectivity index (χ4v) is 3.53. The molecule has 0 fully saturated rings. The molecule has 0 heterocycles. The lowest BCUT2D eigenvalue weighted by atomic mass is 10.2. The first kappa shape index (κ1) is 40.8. The SMILES string of the molecule is CC/C=C/C/C=C/C/C=C/C/C=C/C/C=C/C/C=C/CCC(=O)OCC(O)COP(=O)([O-])OCC[N+](C)(C)C.[Mg]. The molecular formula is C30H50MgNO7P. The summed E-state index contributed by atoms with van der Waals surface area (Å²) in [4.78, 5) is 23.5. The number of rotatable bonds is 23. The maximum atomic E-state index is 11.8. The zero-order valence-corrected chi connectivity index (χ0v) is 27.3. The van der Waals surface area contributed by atoms with Gasteiger partial charge in [0.05, 0.1) is 27.7 Å². The number of phosphoric ester groups is 1. The van der Waals surface area contributed by atoms with Crippen LogP contribution in [-0.2, 0) is 23.1 Å². The van der Waals surface area contributed by atoms with E-state index >= 15 is 0 Å². The number of allylic oxidation sites excluding steroid dienone is 12. The molecule has 0 aromatic carbocycles. The third-order valence-corrected chi connectivity index (χ3v) is 5.95. The normalized spacial score (nSPS) is 15.2.